The average Bonchev–Trinajstić information content (AvgIpc) is 2.86. The lowest BCUT2D eigenvalue weighted by atomic mass is 9.90. The van der Waals surface area contributed by atoms with Gasteiger partial charge in [0.15, 0.2) is 0 Å². The predicted octanol–water partition coefficient (Wildman–Crippen LogP) is 3.55. The molecular formula is C15H25ClN2OS. The van der Waals surface area contributed by atoms with Crippen molar-refractivity contribution in [1.82, 2.24) is 10.2 Å². The second-order valence-corrected chi connectivity index (χ2v) is 7.13. The fourth-order valence-electron chi connectivity index (χ4n) is 2.79. The number of rotatable bonds is 6. The number of halogens is 1. The van der Waals surface area contributed by atoms with Crippen LogP contribution in [0.5, 0.6) is 0 Å². The van der Waals surface area contributed by atoms with Crippen LogP contribution in [0.25, 0.3) is 0 Å². The van der Waals surface area contributed by atoms with Crippen LogP contribution in [0, 0.1) is 0 Å². The van der Waals surface area contributed by atoms with Gasteiger partial charge in [-0.25, -0.2) is 0 Å². The Kier molecular flexibility index (Phi) is 5.87. The SMILES string of the molecule is CCCNC(c1sccc1Cl)C(C)(C)N1CCOCC1. The maximum Gasteiger partial charge on any atom is 0.0611 e. The summed E-state index contributed by atoms with van der Waals surface area (Å²) in [4.78, 5) is 3.76. The van der Waals surface area contributed by atoms with Gasteiger partial charge < -0.3 is 10.1 Å². The molecule has 0 aromatic carbocycles. The van der Waals surface area contributed by atoms with Crippen molar-refractivity contribution in [2.45, 2.75) is 38.8 Å². The first-order valence-electron chi connectivity index (χ1n) is 7.36. The summed E-state index contributed by atoms with van der Waals surface area (Å²) in [7, 11) is 0. The summed E-state index contributed by atoms with van der Waals surface area (Å²) in [5, 5.41) is 6.65. The molecule has 1 fully saturated rings. The molecule has 1 aliphatic heterocycles. The van der Waals surface area contributed by atoms with E-state index in [1.54, 1.807) is 11.3 Å². The molecule has 0 bridgehead atoms. The highest BCUT2D eigenvalue weighted by atomic mass is 35.5. The lowest BCUT2D eigenvalue weighted by molar-refractivity contribution is -0.0233. The van der Waals surface area contributed by atoms with Crippen molar-refractivity contribution < 1.29 is 4.74 Å². The fraction of sp³-hybridized carbons (Fsp3) is 0.733. The summed E-state index contributed by atoms with van der Waals surface area (Å²) in [5.41, 5.74) is 0.0213. The Bertz CT molecular complexity index is 416. The molecule has 1 aliphatic rings. The molecule has 114 valence electrons. The fourth-order valence-corrected chi connectivity index (χ4v) is 4.21. The quantitative estimate of drug-likeness (QED) is 0.868. The number of nitrogens with one attached hydrogen (secondary N) is 1. The summed E-state index contributed by atoms with van der Waals surface area (Å²) in [5.74, 6) is 0. The van der Waals surface area contributed by atoms with Gasteiger partial charge in [0.2, 0.25) is 0 Å². The van der Waals surface area contributed by atoms with Gasteiger partial charge >= 0.3 is 0 Å². The first-order chi connectivity index (χ1) is 9.57. The van der Waals surface area contributed by atoms with Crippen molar-refractivity contribution in [3.63, 3.8) is 0 Å². The molecule has 1 saturated heterocycles. The maximum atomic E-state index is 6.39. The van der Waals surface area contributed by atoms with Crippen LogP contribution in [0.15, 0.2) is 11.4 Å². The Morgan fingerprint density at radius 3 is 2.70 bits per heavy atom. The van der Waals surface area contributed by atoms with Crippen LogP contribution in [0.3, 0.4) is 0 Å². The van der Waals surface area contributed by atoms with Crippen LogP contribution in [0.4, 0.5) is 0 Å². The smallest absolute Gasteiger partial charge is 0.0611 e. The highest BCUT2D eigenvalue weighted by Crippen LogP contribution is 2.38. The highest BCUT2D eigenvalue weighted by molar-refractivity contribution is 7.10. The normalized spacial score (nSPS) is 19.2. The van der Waals surface area contributed by atoms with Gasteiger partial charge in [-0.05, 0) is 38.3 Å². The minimum atomic E-state index is 0.0213. The molecule has 0 radical (unpaired) electrons. The lowest BCUT2D eigenvalue weighted by Gasteiger charge is -2.46. The summed E-state index contributed by atoms with van der Waals surface area (Å²) in [6.07, 6.45) is 1.12. The van der Waals surface area contributed by atoms with Crippen molar-refractivity contribution in [1.29, 1.82) is 0 Å². The Labute approximate surface area is 131 Å². The Balaban J connectivity index is 2.22. The molecule has 1 aromatic heterocycles. The van der Waals surface area contributed by atoms with Crippen LogP contribution in [0.1, 0.15) is 38.1 Å². The van der Waals surface area contributed by atoms with Crippen LogP contribution < -0.4 is 5.32 Å². The lowest BCUT2D eigenvalue weighted by Crippen LogP contribution is -2.56. The summed E-state index contributed by atoms with van der Waals surface area (Å²) in [6, 6.07) is 2.26. The topological polar surface area (TPSA) is 24.5 Å². The summed E-state index contributed by atoms with van der Waals surface area (Å²) >= 11 is 8.13. The van der Waals surface area contributed by atoms with E-state index >= 15 is 0 Å². The van der Waals surface area contributed by atoms with E-state index in [-0.39, 0.29) is 11.6 Å². The van der Waals surface area contributed by atoms with Crippen LogP contribution in [-0.4, -0.2) is 43.3 Å². The minimum Gasteiger partial charge on any atom is -0.379 e. The van der Waals surface area contributed by atoms with Gasteiger partial charge in [0.25, 0.3) is 0 Å². The van der Waals surface area contributed by atoms with Gasteiger partial charge in [0.05, 0.1) is 24.3 Å². The number of hydrogen-bond donors (Lipinski definition) is 1. The number of hydrogen-bond acceptors (Lipinski definition) is 4. The average molecular weight is 317 g/mol. The highest BCUT2D eigenvalue weighted by Gasteiger charge is 2.38. The zero-order chi connectivity index (χ0) is 14.6. The molecule has 2 rings (SSSR count). The maximum absolute atomic E-state index is 6.39. The third-order valence-corrected chi connectivity index (χ3v) is 5.46. The van der Waals surface area contributed by atoms with Gasteiger partial charge in [0, 0.05) is 23.5 Å². The van der Waals surface area contributed by atoms with Crippen molar-refractivity contribution in [2.24, 2.45) is 0 Å². The van der Waals surface area contributed by atoms with E-state index in [1.165, 1.54) is 4.88 Å². The van der Waals surface area contributed by atoms with Crippen molar-refractivity contribution in [2.75, 3.05) is 32.8 Å². The summed E-state index contributed by atoms with van der Waals surface area (Å²) in [6.45, 7) is 11.4. The predicted molar refractivity (Wildman–Crippen MR) is 86.8 cm³/mol. The Morgan fingerprint density at radius 2 is 2.15 bits per heavy atom. The molecule has 0 amide bonds. The van der Waals surface area contributed by atoms with Crippen LogP contribution >= 0.6 is 22.9 Å². The van der Waals surface area contributed by atoms with E-state index in [2.05, 4.69) is 36.4 Å². The van der Waals surface area contributed by atoms with Gasteiger partial charge in [0.1, 0.15) is 0 Å². The second kappa shape index (κ2) is 7.23. The first kappa shape index (κ1) is 16.2. The monoisotopic (exact) mass is 316 g/mol. The van der Waals surface area contributed by atoms with Gasteiger partial charge in [-0.2, -0.15) is 0 Å². The van der Waals surface area contributed by atoms with Crippen molar-refractivity contribution >= 4 is 22.9 Å². The van der Waals surface area contributed by atoms with E-state index in [0.717, 1.165) is 44.3 Å². The first-order valence-corrected chi connectivity index (χ1v) is 8.62. The molecule has 1 aromatic rings. The number of morpholine rings is 1. The van der Waals surface area contributed by atoms with E-state index in [1.807, 2.05) is 6.07 Å². The van der Waals surface area contributed by atoms with Crippen LogP contribution in [0.2, 0.25) is 5.02 Å². The minimum absolute atomic E-state index is 0.0213. The van der Waals surface area contributed by atoms with Gasteiger partial charge in [-0.3, -0.25) is 4.90 Å². The zero-order valence-corrected chi connectivity index (χ0v) is 14.2. The molecule has 2 heterocycles. The Morgan fingerprint density at radius 1 is 1.45 bits per heavy atom. The Hall–Kier alpha value is -0.130. The van der Waals surface area contributed by atoms with E-state index in [9.17, 15) is 0 Å². The number of nitrogens with zero attached hydrogens (tertiary/aromatic N) is 1. The number of thiophene rings is 1. The third kappa shape index (κ3) is 3.55. The van der Waals surface area contributed by atoms with Gasteiger partial charge in [-0.15, -0.1) is 11.3 Å². The van der Waals surface area contributed by atoms with E-state index < -0.39 is 0 Å². The molecule has 20 heavy (non-hydrogen) atoms. The molecule has 0 aliphatic carbocycles. The molecular weight excluding hydrogens is 292 g/mol. The second-order valence-electron chi connectivity index (χ2n) is 5.77. The van der Waals surface area contributed by atoms with E-state index in [4.69, 9.17) is 16.3 Å². The molecule has 1 atom stereocenters. The number of ether oxygens (including phenoxy) is 1. The molecule has 0 saturated carbocycles. The van der Waals surface area contributed by atoms with Crippen molar-refractivity contribution in [3.05, 3.63) is 21.3 Å². The van der Waals surface area contributed by atoms with Gasteiger partial charge in [-0.1, -0.05) is 18.5 Å². The zero-order valence-electron chi connectivity index (χ0n) is 12.6. The third-order valence-electron chi connectivity index (χ3n) is 4.04. The van der Waals surface area contributed by atoms with E-state index in [0.29, 0.717) is 0 Å². The molecule has 1 N–H and O–H groups in total. The van der Waals surface area contributed by atoms with Crippen LogP contribution in [-0.2, 0) is 4.74 Å². The molecule has 1 unspecified atom stereocenters. The molecule has 3 nitrogen and oxygen atoms in total. The summed E-state index contributed by atoms with van der Waals surface area (Å²) < 4.78 is 5.48. The molecule has 5 heteroatoms. The van der Waals surface area contributed by atoms with Crippen molar-refractivity contribution in [3.8, 4) is 0 Å². The standard InChI is InChI=1S/C15H25ClN2OS/c1-4-6-17-14(13-12(16)5-11-20-13)15(2,3)18-7-9-19-10-8-18/h5,11,14,17H,4,6-10H2,1-3H3. The largest absolute Gasteiger partial charge is 0.379 e. The molecule has 0 spiro atoms.